The van der Waals surface area contributed by atoms with E-state index in [1.807, 2.05) is 25.1 Å². The molecule has 0 saturated carbocycles. The Morgan fingerprint density at radius 3 is 2.85 bits per heavy atom. The maximum absolute atomic E-state index is 12.5. The minimum absolute atomic E-state index is 0.0472. The van der Waals surface area contributed by atoms with E-state index in [-0.39, 0.29) is 17.1 Å². The Labute approximate surface area is 156 Å². The summed E-state index contributed by atoms with van der Waals surface area (Å²) in [5, 5.41) is 19.8. The largest absolute Gasteiger partial charge is 0.508 e. The van der Waals surface area contributed by atoms with Crippen molar-refractivity contribution < 1.29 is 10.2 Å². The van der Waals surface area contributed by atoms with Gasteiger partial charge in [-0.1, -0.05) is 6.07 Å². The van der Waals surface area contributed by atoms with Crippen molar-refractivity contribution in [1.29, 1.82) is 0 Å². The molecule has 3 N–H and O–H groups in total. The van der Waals surface area contributed by atoms with Gasteiger partial charge in [0, 0.05) is 43.0 Å². The second-order valence-corrected chi connectivity index (χ2v) is 6.78. The number of nitrogens with one attached hydrogen (secondary N) is 1. The molecule has 7 nitrogen and oxygen atoms in total. The van der Waals surface area contributed by atoms with Gasteiger partial charge >= 0.3 is 0 Å². The fourth-order valence-corrected chi connectivity index (χ4v) is 3.46. The monoisotopic (exact) mass is 364 g/mol. The van der Waals surface area contributed by atoms with E-state index in [1.165, 1.54) is 6.07 Å². The van der Waals surface area contributed by atoms with Crippen LogP contribution < -0.4 is 5.56 Å². The lowest BCUT2D eigenvalue weighted by molar-refractivity contribution is 0.237. The van der Waals surface area contributed by atoms with Crippen molar-refractivity contribution in [2.45, 2.75) is 26.4 Å². The molecule has 0 aliphatic carbocycles. The molecule has 4 rings (SSSR count). The number of phenolic OH excluding ortho intramolecular Hbond substituents is 2. The zero-order valence-electron chi connectivity index (χ0n) is 14.9. The minimum Gasteiger partial charge on any atom is -0.508 e. The summed E-state index contributed by atoms with van der Waals surface area (Å²) >= 11 is 0. The first-order valence-corrected chi connectivity index (χ1v) is 8.78. The first-order valence-electron chi connectivity index (χ1n) is 8.78. The predicted molar refractivity (Wildman–Crippen MR) is 100 cm³/mol. The number of hydrogen-bond acceptors (Lipinski definition) is 6. The highest BCUT2D eigenvalue weighted by Crippen LogP contribution is 2.29. The SMILES string of the molecule is Cc1cc(O)cc(O)c1CN1CCc2c(nc(-c3ccccn3)[nH]c2=O)C1. The van der Waals surface area contributed by atoms with Gasteiger partial charge in [-0.2, -0.15) is 0 Å². The third kappa shape index (κ3) is 3.41. The van der Waals surface area contributed by atoms with Crippen LogP contribution in [-0.2, 0) is 19.5 Å². The fraction of sp³-hybridized carbons (Fsp3) is 0.250. The Balaban J connectivity index is 1.63. The number of nitrogens with zero attached hydrogens (tertiary/aromatic N) is 3. The average molecular weight is 364 g/mol. The van der Waals surface area contributed by atoms with Crippen LogP contribution in [-0.4, -0.2) is 36.6 Å². The van der Waals surface area contributed by atoms with Crippen LogP contribution in [0.15, 0.2) is 41.3 Å². The summed E-state index contributed by atoms with van der Waals surface area (Å²) in [6.45, 7) is 3.58. The molecule has 138 valence electrons. The average Bonchev–Trinajstić information content (AvgIpc) is 2.65. The molecule has 0 fully saturated rings. The van der Waals surface area contributed by atoms with Crippen LogP contribution in [0.2, 0.25) is 0 Å². The smallest absolute Gasteiger partial charge is 0.254 e. The van der Waals surface area contributed by atoms with Crippen LogP contribution >= 0.6 is 0 Å². The molecule has 0 spiro atoms. The number of benzene rings is 1. The van der Waals surface area contributed by atoms with Crippen molar-refractivity contribution in [3.8, 4) is 23.0 Å². The van der Waals surface area contributed by atoms with Gasteiger partial charge in [-0.05, 0) is 37.1 Å². The Hall–Kier alpha value is -3.19. The molecule has 1 aromatic carbocycles. The number of H-pyrrole nitrogens is 1. The highest BCUT2D eigenvalue weighted by molar-refractivity contribution is 5.49. The maximum Gasteiger partial charge on any atom is 0.254 e. The number of rotatable bonds is 3. The number of hydrogen-bond donors (Lipinski definition) is 3. The van der Waals surface area contributed by atoms with E-state index in [1.54, 1.807) is 12.3 Å². The Bertz CT molecular complexity index is 1020. The summed E-state index contributed by atoms with van der Waals surface area (Å²) in [5.41, 5.74) is 3.54. The van der Waals surface area contributed by atoms with Crippen molar-refractivity contribution in [2.24, 2.45) is 0 Å². The van der Waals surface area contributed by atoms with Crippen LogP contribution in [0.5, 0.6) is 11.5 Å². The zero-order chi connectivity index (χ0) is 19.0. The molecule has 1 aliphatic rings. The van der Waals surface area contributed by atoms with E-state index in [0.29, 0.717) is 43.1 Å². The van der Waals surface area contributed by atoms with Gasteiger partial charge in [-0.25, -0.2) is 4.98 Å². The van der Waals surface area contributed by atoms with E-state index in [4.69, 9.17) is 0 Å². The number of pyridine rings is 1. The standard InChI is InChI=1S/C20H20N4O3/c1-12-8-13(25)9-18(26)15(12)10-24-7-5-14-17(11-24)22-19(23-20(14)27)16-4-2-3-6-21-16/h2-4,6,8-9,25-26H,5,7,10-11H2,1H3,(H,22,23,27). The van der Waals surface area contributed by atoms with Crippen molar-refractivity contribution in [2.75, 3.05) is 6.54 Å². The van der Waals surface area contributed by atoms with Gasteiger partial charge in [0.15, 0.2) is 5.82 Å². The molecule has 0 saturated heterocycles. The Morgan fingerprint density at radius 2 is 2.11 bits per heavy atom. The van der Waals surface area contributed by atoms with E-state index >= 15 is 0 Å². The molecule has 1 aliphatic heterocycles. The van der Waals surface area contributed by atoms with Crippen LogP contribution in [0.4, 0.5) is 0 Å². The van der Waals surface area contributed by atoms with Gasteiger partial charge in [-0.3, -0.25) is 14.7 Å². The molecule has 0 bridgehead atoms. The fourth-order valence-electron chi connectivity index (χ4n) is 3.46. The molecule has 0 radical (unpaired) electrons. The molecular weight excluding hydrogens is 344 g/mol. The highest BCUT2D eigenvalue weighted by atomic mass is 16.3. The topological polar surface area (TPSA) is 102 Å². The molecular formula is C20H20N4O3. The van der Waals surface area contributed by atoms with Crippen molar-refractivity contribution in [3.63, 3.8) is 0 Å². The highest BCUT2D eigenvalue weighted by Gasteiger charge is 2.23. The summed E-state index contributed by atoms with van der Waals surface area (Å²) in [6.07, 6.45) is 2.26. The first-order chi connectivity index (χ1) is 13.0. The third-order valence-corrected chi connectivity index (χ3v) is 4.88. The minimum atomic E-state index is -0.121. The lowest BCUT2D eigenvalue weighted by atomic mass is 10.0. The third-order valence-electron chi connectivity index (χ3n) is 4.88. The van der Waals surface area contributed by atoms with Gasteiger partial charge in [0.2, 0.25) is 0 Å². The molecule has 3 aromatic rings. The number of aromatic hydroxyl groups is 2. The predicted octanol–water partition coefficient (Wildman–Crippen LogP) is 2.11. The number of phenols is 2. The quantitative estimate of drug-likeness (QED) is 0.658. The molecule has 0 unspecified atom stereocenters. The van der Waals surface area contributed by atoms with Crippen molar-refractivity contribution in [1.82, 2.24) is 19.9 Å². The number of aromatic amines is 1. The van der Waals surface area contributed by atoms with Crippen LogP contribution in [0, 0.1) is 6.92 Å². The number of aryl methyl sites for hydroxylation is 1. The lowest BCUT2D eigenvalue weighted by Gasteiger charge is -2.28. The van der Waals surface area contributed by atoms with E-state index < -0.39 is 0 Å². The molecule has 7 heteroatoms. The Kier molecular flexibility index (Phi) is 4.37. The molecule has 0 amide bonds. The molecule has 2 aromatic heterocycles. The summed E-state index contributed by atoms with van der Waals surface area (Å²) in [5.74, 6) is 0.585. The summed E-state index contributed by atoms with van der Waals surface area (Å²) in [7, 11) is 0. The lowest BCUT2D eigenvalue weighted by Crippen LogP contribution is -2.35. The van der Waals surface area contributed by atoms with Crippen molar-refractivity contribution >= 4 is 0 Å². The second kappa shape index (κ2) is 6.85. The maximum atomic E-state index is 12.5. The molecule has 3 heterocycles. The van der Waals surface area contributed by atoms with Gasteiger partial charge in [0.1, 0.15) is 17.2 Å². The molecule has 0 atom stereocenters. The summed E-state index contributed by atoms with van der Waals surface area (Å²) in [4.78, 5) is 26.3. The zero-order valence-corrected chi connectivity index (χ0v) is 14.9. The summed E-state index contributed by atoms with van der Waals surface area (Å²) < 4.78 is 0. The first kappa shape index (κ1) is 17.2. The van der Waals surface area contributed by atoms with Gasteiger partial charge < -0.3 is 15.2 Å². The van der Waals surface area contributed by atoms with E-state index in [2.05, 4.69) is 19.9 Å². The summed E-state index contributed by atoms with van der Waals surface area (Å²) in [6, 6.07) is 8.46. The van der Waals surface area contributed by atoms with Gasteiger partial charge in [0.05, 0.1) is 5.69 Å². The molecule has 27 heavy (non-hydrogen) atoms. The van der Waals surface area contributed by atoms with Crippen LogP contribution in [0.3, 0.4) is 0 Å². The van der Waals surface area contributed by atoms with Gasteiger partial charge in [-0.15, -0.1) is 0 Å². The van der Waals surface area contributed by atoms with Crippen LogP contribution in [0.25, 0.3) is 11.5 Å². The number of aromatic nitrogens is 3. The number of fused-ring (bicyclic) bond motifs is 1. The second-order valence-electron chi connectivity index (χ2n) is 6.78. The van der Waals surface area contributed by atoms with Gasteiger partial charge in [0.25, 0.3) is 5.56 Å². The Morgan fingerprint density at radius 1 is 1.26 bits per heavy atom. The van der Waals surface area contributed by atoms with Crippen molar-refractivity contribution in [3.05, 3.63) is 69.3 Å². The normalized spacial score (nSPS) is 14.1. The van der Waals surface area contributed by atoms with E-state index in [9.17, 15) is 15.0 Å². The van der Waals surface area contributed by atoms with E-state index in [0.717, 1.165) is 16.8 Å². The van der Waals surface area contributed by atoms with Crippen LogP contribution in [0.1, 0.15) is 22.4 Å².